The third kappa shape index (κ3) is 3.70. The van der Waals surface area contributed by atoms with E-state index >= 15 is 0 Å². The molecule has 1 saturated heterocycles. The van der Waals surface area contributed by atoms with Gasteiger partial charge in [0.05, 0.1) is 6.10 Å². The molecule has 0 amide bonds. The zero-order valence-corrected chi connectivity index (χ0v) is 8.89. The molecule has 1 aliphatic rings. The second-order valence-electron chi connectivity index (χ2n) is 3.38. The van der Waals surface area contributed by atoms with Crippen molar-refractivity contribution in [1.29, 1.82) is 0 Å². The highest BCUT2D eigenvalue weighted by Crippen LogP contribution is 2.13. The molecule has 1 atom stereocenters. The minimum Gasteiger partial charge on any atom is -0.393 e. The summed E-state index contributed by atoms with van der Waals surface area (Å²) in [7, 11) is 0. The Balaban J connectivity index is 2.30. The van der Waals surface area contributed by atoms with Gasteiger partial charge in [0, 0.05) is 17.6 Å². The molecule has 1 heterocycles. The topological polar surface area (TPSA) is 23.5 Å². The number of nitrogens with zero attached hydrogens (tertiary/aromatic N) is 1. The molecule has 0 aliphatic carbocycles. The quantitative estimate of drug-likeness (QED) is 0.786. The SMILES string of the molecule is C=C(Br)CN1CCCC(O)CC1. The zero-order valence-electron chi connectivity index (χ0n) is 7.30. The summed E-state index contributed by atoms with van der Waals surface area (Å²) in [5, 5.41) is 9.38. The normalized spacial score (nSPS) is 26.7. The van der Waals surface area contributed by atoms with E-state index in [9.17, 15) is 5.11 Å². The molecule has 2 nitrogen and oxygen atoms in total. The van der Waals surface area contributed by atoms with Crippen LogP contribution in [0.4, 0.5) is 0 Å². The molecule has 0 aromatic carbocycles. The minimum absolute atomic E-state index is 0.0846. The average Bonchev–Trinajstić information content (AvgIpc) is 2.15. The van der Waals surface area contributed by atoms with Gasteiger partial charge in [0.2, 0.25) is 0 Å². The highest BCUT2D eigenvalue weighted by Gasteiger charge is 2.14. The van der Waals surface area contributed by atoms with E-state index in [1.807, 2.05) is 0 Å². The fourth-order valence-corrected chi connectivity index (χ4v) is 1.89. The molecule has 1 aliphatic heterocycles. The van der Waals surface area contributed by atoms with Crippen LogP contribution in [-0.2, 0) is 0 Å². The Labute approximate surface area is 82.4 Å². The Morgan fingerprint density at radius 2 is 2.25 bits per heavy atom. The Bertz CT molecular complexity index is 161. The van der Waals surface area contributed by atoms with Gasteiger partial charge in [0.25, 0.3) is 0 Å². The van der Waals surface area contributed by atoms with E-state index in [1.54, 1.807) is 0 Å². The Hall–Kier alpha value is 0.140. The van der Waals surface area contributed by atoms with Gasteiger partial charge in [-0.25, -0.2) is 0 Å². The highest BCUT2D eigenvalue weighted by molar-refractivity contribution is 9.11. The van der Waals surface area contributed by atoms with Crippen LogP contribution in [0, 0.1) is 0 Å². The minimum atomic E-state index is -0.0846. The summed E-state index contributed by atoms with van der Waals surface area (Å²) in [6.45, 7) is 6.80. The maximum atomic E-state index is 9.38. The van der Waals surface area contributed by atoms with Crippen LogP contribution < -0.4 is 0 Å². The van der Waals surface area contributed by atoms with Crippen molar-refractivity contribution in [2.24, 2.45) is 0 Å². The van der Waals surface area contributed by atoms with Crippen molar-refractivity contribution in [2.75, 3.05) is 19.6 Å². The summed E-state index contributed by atoms with van der Waals surface area (Å²) in [5.74, 6) is 0. The smallest absolute Gasteiger partial charge is 0.0553 e. The van der Waals surface area contributed by atoms with Gasteiger partial charge in [-0.05, 0) is 25.8 Å². The summed E-state index contributed by atoms with van der Waals surface area (Å²) in [5.41, 5.74) is 0. The van der Waals surface area contributed by atoms with Crippen LogP contribution in [0.3, 0.4) is 0 Å². The Morgan fingerprint density at radius 1 is 1.50 bits per heavy atom. The van der Waals surface area contributed by atoms with E-state index in [0.29, 0.717) is 0 Å². The van der Waals surface area contributed by atoms with Gasteiger partial charge in [-0.15, -0.1) is 0 Å². The molecular weight excluding hydrogens is 218 g/mol. The standard InChI is InChI=1S/C9H16BrNO/c1-8(10)7-11-5-2-3-9(12)4-6-11/h9,12H,1-7H2. The van der Waals surface area contributed by atoms with E-state index in [2.05, 4.69) is 27.4 Å². The van der Waals surface area contributed by atoms with Crippen molar-refractivity contribution in [2.45, 2.75) is 25.4 Å². The number of likely N-dealkylation sites (tertiary alicyclic amines) is 1. The lowest BCUT2D eigenvalue weighted by Crippen LogP contribution is -2.26. The lowest BCUT2D eigenvalue weighted by molar-refractivity contribution is 0.156. The first-order chi connectivity index (χ1) is 5.68. The van der Waals surface area contributed by atoms with Gasteiger partial charge in [-0.1, -0.05) is 22.5 Å². The maximum absolute atomic E-state index is 9.38. The summed E-state index contributed by atoms with van der Waals surface area (Å²) in [4.78, 5) is 2.33. The maximum Gasteiger partial charge on any atom is 0.0553 e. The Kier molecular flexibility index (Phi) is 4.26. The summed E-state index contributed by atoms with van der Waals surface area (Å²) in [6.07, 6.45) is 2.87. The third-order valence-electron chi connectivity index (χ3n) is 2.19. The molecule has 0 bridgehead atoms. The second kappa shape index (κ2) is 5.00. The van der Waals surface area contributed by atoms with Crippen molar-refractivity contribution in [3.05, 3.63) is 11.1 Å². The fraction of sp³-hybridized carbons (Fsp3) is 0.778. The van der Waals surface area contributed by atoms with Crippen LogP contribution in [0.1, 0.15) is 19.3 Å². The van der Waals surface area contributed by atoms with E-state index in [-0.39, 0.29) is 6.10 Å². The van der Waals surface area contributed by atoms with E-state index in [4.69, 9.17) is 0 Å². The lowest BCUT2D eigenvalue weighted by Gasteiger charge is -2.18. The summed E-state index contributed by atoms with van der Waals surface area (Å²) in [6, 6.07) is 0. The van der Waals surface area contributed by atoms with Crippen molar-refractivity contribution < 1.29 is 5.11 Å². The molecule has 1 fully saturated rings. The summed E-state index contributed by atoms with van der Waals surface area (Å²) >= 11 is 3.35. The number of aliphatic hydroxyl groups excluding tert-OH is 1. The first kappa shape index (κ1) is 10.2. The first-order valence-corrected chi connectivity index (χ1v) is 5.21. The largest absolute Gasteiger partial charge is 0.393 e. The number of aliphatic hydroxyl groups is 1. The average molecular weight is 234 g/mol. The van der Waals surface area contributed by atoms with Gasteiger partial charge >= 0.3 is 0 Å². The van der Waals surface area contributed by atoms with Crippen molar-refractivity contribution in [3.8, 4) is 0 Å². The first-order valence-electron chi connectivity index (χ1n) is 4.42. The molecule has 0 spiro atoms. The monoisotopic (exact) mass is 233 g/mol. The zero-order chi connectivity index (χ0) is 8.97. The number of rotatable bonds is 2. The van der Waals surface area contributed by atoms with Crippen molar-refractivity contribution >= 4 is 15.9 Å². The van der Waals surface area contributed by atoms with Crippen LogP contribution in [0.2, 0.25) is 0 Å². The second-order valence-corrected chi connectivity index (χ2v) is 4.50. The predicted octanol–water partition coefficient (Wildman–Crippen LogP) is 1.74. The molecule has 1 unspecified atom stereocenters. The molecule has 1 rings (SSSR count). The molecule has 70 valence electrons. The van der Waals surface area contributed by atoms with Crippen molar-refractivity contribution in [3.63, 3.8) is 0 Å². The molecule has 0 aromatic rings. The van der Waals surface area contributed by atoms with Gasteiger partial charge in [0.1, 0.15) is 0 Å². The van der Waals surface area contributed by atoms with Crippen LogP contribution >= 0.6 is 15.9 Å². The van der Waals surface area contributed by atoms with Crippen LogP contribution in [-0.4, -0.2) is 35.7 Å². The van der Waals surface area contributed by atoms with E-state index in [0.717, 1.165) is 43.4 Å². The van der Waals surface area contributed by atoms with Crippen LogP contribution in [0.25, 0.3) is 0 Å². The molecule has 12 heavy (non-hydrogen) atoms. The predicted molar refractivity (Wildman–Crippen MR) is 54.4 cm³/mol. The molecule has 0 radical (unpaired) electrons. The van der Waals surface area contributed by atoms with Gasteiger partial charge in [-0.2, -0.15) is 0 Å². The lowest BCUT2D eigenvalue weighted by atomic mass is 10.2. The number of halogens is 1. The van der Waals surface area contributed by atoms with Crippen LogP contribution in [0.5, 0.6) is 0 Å². The Morgan fingerprint density at radius 3 is 2.92 bits per heavy atom. The molecule has 1 N–H and O–H groups in total. The number of hydrogen-bond acceptors (Lipinski definition) is 2. The fourth-order valence-electron chi connectivity index (χ4n) is 1.54. The third-order valence-corrected chi connectivity index (χ3v) is 2.44. The molecule has 0 aromatic heterocycles. The van der Waals surface area contributed by atoms with Gasteiger partial charge in [-0.3, -0.25) is 4.90 Å². The highest BCUT2D eigenvalue weighted by atomic mass is 79.9. The summed E-state index contributed by atoms with van der Waals surface area (Å²) < 4.78 is 1.03. The number of hydrogen-bond donors (Lipinski definition) is 1. The van der Waals surface area contributed by atoms with Crippen LogP contribution in [0.15, 0.2) is 11.1 Å². The van der Waals surface area contributed by atoms with Gasteiger partial charge < -0.3 is 5.11 Å². The van der Waals surface area contributed by atoms with E-state index in [1.165, 1.54) is 0 Å². The molecule has 3 heteroatoms. The molecule has 0 saturated carbocycles. The van der Waals surface area contributed by atoms with Crippen molar-refractivity contribution in [1.82, 2.24) is 4.90 Å². The van der Waals surface area contributed by atoms with E-state index < -0.39 is 0 Å². The molecular formula is C9H16BrNO. The van der Waals surface area contributed by atoms with Gasteiger partial charge in [0.15, 0.2) is 0 Å².